The van der Waals surface area contributed by atoms with E-state index in [1.165, 1.54) is 0 Å². The van der Waals surface area contributed by atoms with Crippen molar-refractivity contribution in [3.63, 3.8) is 0 Å². The number of carbonyl (C=O) groups excluding carboxylic acids is 1. The molecule has 0 spiro atoms. The summed E-state index contributed by atoms with van der Waals surface area (Å²) in [6, 6.07) is 14.1. The number of aryl methyl sites for hydroxylation is 1. The van der Waals surface area contributed by atoms with E-state index in [4.69, 9.17) is 4.52 Å². The summed E-state index contributed by atoms with van der Waals surface area (Å²) in [5.41, 5.74) is 3.59. The first-order valence-electron chi connectivity index (χ1n) is 10.7. The van der Waals surface area contributed by atoms with Crippen molar-refractivity contribution < 1.29 is 17.7 Å². The third kappa shape index (κ3) is 5.61. The lowest BCUT2D eigenvalue weighted by molar-refractivity contribution is -0.123. The van der Waals surface area contributed by atoms with Gasteiger partial charge in [-0.1, -0.05) is 61.5 Å². The summed E-state index contributed by atoms with van der Waals surface area (Å²) in [5, 5.41) is 9.77. The second-order valence-electron chi connectivity index (χ2n) is 8.24. The van der Waals surface area contributed by atoms with E-state index in [1.807, 2.05) is 38.1 Å². The van der Waals surface area contributed by atoms with Crippen LogP contribution in [0.4, 0.5) is 5.88 Å². The molecular weight excluding hydrogens is 440 g/mol. The van der Waals surface area contributed by atoms with Crippen molar-refractivity contribution in [1.82, 2.24) is 15.8 Å². The van der Waals surface area contributed by atoms with E-state index in [-0.39, 0.29) is 28.6 Å². The molecule has 176 valence electrons. The van der Waals surface area contributed by atoms with E-state index in [0.29, 0.717) is 23.4 Å². The van der Waals surface area contributed by atoms with Crippen molar-refractivity contribution in [2.45, 2.75) is 45.2 Å². The third-order valence-corrected chi connectivity index (χ3v) is 6.94. The molecule has 0 aliphatic rings. The van der Waals surface area contributed by atoms with Crippen LogP contribution < -0.4 is 15.4 Å². The predicted molar refractivity (Wildman–Crippen MR) is 128 cm³/mol. The van der Waals surface area contributed by atoms with Gasteiger partial charge >= 0.3 is 0 Å². The molecule has 0 unspecified atom stereocenters. The first-order chi connectivity index (χ1) is 15.6. The summed E-state index contributed by atoms with van der Waals surface area (Å²) in [5.74, 6) is 0.204. The normalized spacial score (nSPS) is 12.5. The first kappa shape index (κ1) is 24.5. The molecule has 0 aliphatic carbocycles. The molecule has 3 rings (SSSR count). The molecule has 0 fully saturated rings. The SMILES string of the molecule is CNC(=O)[C@@H](NCc1ccc(-c2ccccc2S(=O)(=O)Nc2onc(C)c2C)cc1)C(C)C. The zero-order valence-corrected chi connectivity index (χ0v) is 20.3. The number of anilines is 1. The molecule has 3 N–H and O–H groups in total. The van der Waals surface area contributed by atoms with Crippen molar-refractivity contribution in [3.05, 3.63) is 65.4 Å². The van der Waals surface area contributed by atoms with Crippen LogP contribution in [-0.2, 0) is 21.4 Å². The van der Waals surface area contributed by atoms with Crippen LogP contribution in [0.2, 0.25) is 0 Å². The maximum absolute atomic E-state index is 13.1. The van der Waals surface area contributed by atoms with E-state index < -0.39 is 10.0 Å². The topological polar surface area (TPSA) is 113 Å². The maximum Gasteiger partial charge on any atom is 0.264 e. The molecule has 1 amide bonds. The summed E-state index contributed by atoms with van der Waals surface area (Å²) < 4.78 is 33.8. The Morgan fingerprint density at radius 3 is 2.30 bits per heavy atom. The van der Waals surface area contributed by atoms with Gasteiger partial charge in [0.15, 0.2) is 0 Å². The van der Waals surface area contributed by atoms with Crippen molar-refractivity contribution in [1.29, 1.82) is 0 Å². The lowest BCUT2D eigenvalue weighted by atomic mass is 10.0. The van der Waals surface area contributed by atoms with Gasteiger partial charge in [-0.25, -0.2) is 13.1 Å². The summed E-state index contributed by atoms with van der Waals surface area (Å²) in [6.07, 6.45) is 0. The molecule has 0 aliphatic heterocycles. The van der Waals surface area contributed by atoms with Gasteiger partial charge in [0.25, 0.3) is 10.0 Å². The summed E-state index contributed by atoms with van der Waals surface area (Å²) in [7, 11) is -2.27. The Balaban J connectivity index is 1.82. The minimum atomic E-state index is -3.90. The highest BCUT2D eigenvalue weighted by Crippen LogP contribution is 2.30. The van der Waals surface area contributed by atoms with Gasteiger partial charge in [0.1, 0.15) is 0 Å². The Hall–Kier alpha value is -3.17. The number of nitrogens with one attached hydrogen (secondary N) is 3. The highest BCUT2D eigenvalue weighted by molar-refractivity contribution is 7.92. The summed E-state index contributed by atoms with van der Waals surface area (Å²) >= 11 is 0. The van der Waals surface area contributed by atoms with Crippen molar-refractivity contribution in [2.75, 3.05) is 11.8 Å². The van der Waals surface area contributed by atoms with Crippen LogP contribution in [0.5, 0.6) is 0 Å². The van der Waals surface area contributed by atoms with E-state index in [2.05, 4.69) is 20.5 Å². The van der Waals surface area contributed by atoms with Gasteiger partial charge in [0.05, 0.1) is 16.6 Å². The van der Waals surface area contributed by atoms with Gasteiger partial charge in [0.2, 0.25) is 11.8 Å². The summed E-state index contributed by atoms with van der Waals surface area (Å²) in [4.78, 5) is 12.2. The highest BCUT2D eigenvalue weighted by Gasteiger charge is 2.23. The Kier molecular flexibility index (Phi) is 7.55. The number of carbonyl (C=O) groups is 1. The van der Waals surface area contributed by atoms with E-state index in [9.17, 15) is 13.2 Å². The Morgan fingerprint density at radius 2 is 1.73 bits per heavy atom. The van der Waals surface area contributed by atoms with E-state index in [0.717, 1.165) is 11.1 Å². The van der Waals surface area contributed by atoms with Crippen LogP contribution in [0, 0.1) is 19.8 Å². The van der Waals surface area contributed by atoms with Crippen LogP contribution in [-0.4, -0.2) is 32.6 Å². The Bertz CT molecular complexity index is 1220. The van der Waals surface area contributed by atoms with E-state index in [1.54, 1.807) is 45.2 Å². The average molecular weight is 471 g/mol. The molecule has 1 aromatic heterocycles. The number of likely N-dealkylation sites (N-methyl/N-ethyl adjacent to an activating group) is 1. The molecule has 2 aromatic carbocycles. The second-order valence-corrected chi connectivity index (χ2v) is 9.89. The van der Waals surface area contributed by atoms with Gasteiger partial charge in [-0.05, 0) is 37.0 Å². The predicted octanol–water partition coefficient (Wildman–Crippen LogP) is 3.62. The number of hydrogen-bond donors (Lipinski definition) is 3. The van der Waals surface area contributed by atoms with Crippen LogP contribution >= 0.6 is 0 Å². The van der Waals surface area contributed by atoms with Crippen LogP contribution in [0.25, 0.3) is 11.1 Å². The smallest absolute Gasteiger partial charge is 0.264 e. The van der Waals surface area contributed by atoms with Crippen LogP contribution in [0.3, 0.4) is 0 Å². The largest absolute Gasteiger partial charge is 0.358 e. The molecule has 1 atom stereocenters. The molecular formula is C24H30N4O4S. The molecule has 9 heteroatoms. The molecule has 0 saturated heterocycles. The monoisotopic (exact) mass is 470 g/mol. The summed E-state index contributed by atoms with van der Waals surface area (Å²) in [6.45, 7) is 7.99. The van der Waals surface area contributed by atoms with Gasteiger partial charge < -0.3 is 15.2 Å². The maximum atomic E-state index is 13.1. The van der Waals surface area contributed by atoms with Crippen LogP contribution in [0.1, 0.15) is 30.7 Å². The van der Waals surface area contributed by atoms with Gasteiger partial charge in [-0.2, -0.15) is 0 Å². The molecule has 0 bridgehead atoms. The van der Waals surface area contributed by atoms with Crippen molar-refractivity contribution in [2.24, 2.45) is 5.92 Å². The standard InChI is InChI=1S/C24H30N4O4S/c1-15(2)22(23(29)25-5)26-14-18-10-12-19(13-11-18)20-8-6-7-9-21(20)33(30,31)28-24-16(3)17(4)27-32-24/h6-13,15,22,26,28H,14H2,1-5H3,(H,25,29)/t22-/m0/s1. The number of aromatic nitrogens is 1. The quantitative estimate of drug-likeness (QED) is 0.440. The number of sulfonamides is 1. The first-order valence-corrected chi connectivity index (χ1v) is 12.2. The lowest BCUT2D eigenvalue weighted by Crippen LogP contribution is -2.45. The minimum absolute atomic E-state index is 0.0505. The Labute approximate surface area is 194 Å². The van der Waals surface area contributed by atoms with Crippen LogP contribution in [0.15, 0.2) is 57.9 Å². The van der Waals surface area contributed by atoms with Gasteiger partial charge in [0, 0.05) is 24.7 Å². The minimum Gasteiger partial charge on any atom is -0.358 e. The second kappa shape index (κ2) is 10.2. The molecule has 0 radical (unpaired) electrons. The molecule has 8 nitrogen and oxygen atoms in total. The number of rotatable bonds is 9. The number of benzene rings is 2. The number of amides is 1. The van der Waals surface area contributed by atoms with Crippen molar-refractivity contribution in [3.8, 4) is 11.1 Å². The lowest BCUT2D eigenvalue weighted by Gasteiger charge is -2.21. The number of hydrogen-bond acceptors (Lipinski definition) is 6. The van der Waals surface area contributed by atoms with Gasteiger partial charge in [-0.15, -0.1) is 0 Å². The van der Waals surface area contributed by atoms with Crippen molar-refractivity contribution >= 4 is 21.8 Å². The zero-order valence-electron chi connectivity index (χ0n) is 19.5. The fourth-order valence-corrected chi connectivity index (χ4v) is 4.72. The fraction of sp³-hybridized carbons (Fsp3) is 0.333. The molecule has 1 heterocycles. The molecule has 33 heavy (non-hydrogen) atoms. The van der Waals surface area contributed by atoms with Gasteiger partial charge in [-0.3, -0.25) is 4.79 Å². The third-order valence-electron chi connectivity index (χ3n) is 5.55. The average Bonchev–Trinajstić information content (AvgIpc) is 3.11. The Morgan fingerprint density at radius 1 is 1.06 bits per heavy atom. The van der Waals surface area contributed by atoms with E-state index >= 15 is 0 Å². The highest BCUT2D eigenvalue weighted by atomic mass is 32.2. The molecule has 3 aromatic rings. The fourth-order valence-electron chi connectivity index (χ4n) is 3.44. The number of nitrogens with zero attached hydrogens (tertiary/aromatic N) is 1. The molecule has 0 saturated carbocycles. The zero-order chi connectivity index (χ0) is 24.2.